The van der Waals surface area contributed by atoms with Crippen LogP contribution in [0.2, 0.25) is 0 Å². The van der Waals surface area contributed by atoms with E-state index in [0.717, 1.165) is 21.4 Å². The van der Waals surface area contributed by atoms with E-state index in [-0.39, 0.29) is 5.91 Å². The molecule has 0 N–H and O–H groups in total. The van der Waals surface area contributed by atoms with E-state index in [2.05, 4.69) is 36.2 Å². The summed E-state index contributed by atoms with van der Waals surface area (Å²) in [6, 6.07) is 26.0. The quantitative estimate of drug-likeness (QED) is 0.322. The molecule has 0 aliphatic rings. The molecule has 3 aromatic heterocycles. The van der Waals surface area contributed by atoms with Gasteiger partial charge in [0.1, 0.15) is 11.6 Å². The van der Waals surface area contributed by atoms with Crippen LogP contribution in [0.5, 0.6) is 0 Å². The number of benzene rings is 2. The van der Waals surface area contributed by atoms with Gasteiger partial charge in [-0.05, 0) is 60.7 Å². The number of halogens is 1. The van der Waals surface area contributed by atoms with E-state index in [1.165, 1.54) is 4.90 Å². The van der Waals surface area contributed by atoms with E-state index in [1.807, 2.05) is 48.5 Å². The average Bonchev–Trinajstić information content (AvgIpc) is 3.36. The van der Waals surface area contributed by atoms with Gasteiger partial charge in [-0.1, -0.05) is 45.4 Å². The molecular formula is C25H17BrN6O. The van der Waals surface area contributed by atoms with Crippen LogP contribution in [0.3, 0.4) is 0 Å². The molecule has 33 heavy (non-hydrogen) atoms. The van der Waals surface area contributed by atoms with E-state index < -0.39 is 0 Å². The minimum atomic E-state index is -0.231. The Labute approximate surface area is 198 Å². The van der Waals surface area contributed by atoms with Crippen LogP contribution in [0.25, 0.3) is 16.9 Å². The van der Waals surface area contributed by atoms with Crippen molar-refractivity contribution < 1.29 is 4.79 Å². The first-order valence-corrected chi connectivity index (χ1v) is 10.9. The van der Waals surface area contributed by atoms with Crippen LogP contribution in [0, 0.1) is 0 Å². The maximum atomic E-state index is 13.5. The molecule has 0 bridgehead atoms. The number of aromatic nitrogens is 5. The maximum Gasteiger partial charge on any atom is 0.265 e. The van der Waals surface area contributed by atoms with E-state index in [1.54, 1.807) is 59.7 Å². The Morgan fingerprint density at radius 3 is 2.00 bits per heavy atom. The molecule has 0 aliphatic carbocycles. The van der Waals surface area contributed by atoms with Crippen LogP contribution in [-0.2, 0) is 0 Å². The highest BCUT2D eigenvalue weighted by Crippen LogP contribution is 2.26. The number of hydrogen-bond acceptors (Lipinski definition) is 5. The van der Waals surface area contributed by atoms with Gasteiger partial charge in [-0.25, -0.2) is 19.5 Å². The smallest absolute Gasteiger partial charge is 0.265 e. The molecule has 0 fully saturated rings. The molecule has 0 saturated heterocycles. The van der Waals surface area contributed by atoms with Crippen molar-refractivity contribution >= 4 is 33.5 Å². The van der Waals surface area contributed by atoms with Gasteiger partial charge in [-0.15, -0.1) is 5.10 Å². The van der Waals surface area contributed by atoms with E-state index >= 15 is 0 Å². The number of hydrogen-bond donors (Lipinski definition) is 0. The molecule has 1 amide bonds. The van der Waals surface area contributed by atoms with Gasteiger partial charge >= 0.3 is 0 Å². The highest BCUT2D eigenvalue weighted by molar-refractivity contribution is 9.10. The first kappa shape index (κ1) is 20.7. The average molecular weight is 497 g/mol. The molecule has 7 nitrogen and oxygen atoms in total. The number of nitrogens with zero attached hydrogens (tertiary/aromatic N) is 6. The summed E-state index contributed by atoms with van der Waals surface area (Å²) in [4.78, 5) is 23.7. The first-order chi connectivity index (χ1) is 16.2. The lowest BCUT2D eigenvalue weighted by molar-refractivity contribution is 0.0998. The Hall–Kier alpha value is -4.17. The third kappa shape index (κ3) is 4.28. The number of rotatable bonds is 5. The molecule has 2 aromatic carbocycles. The van der Waals surface area contributed by atoms with Crippen molar-refractivity contribution in [2.45, 2.75) is 0 Å². The zero-order chi connectivity index (χ0) is 22.6. The van der Waals surface area contributed by atoms with Crippen LogP contribution in [0.15, 0.2) is 108 Å². The molecule has 0 saturated carbocycles. The van der Waals surface area contributed by atoms with Crippen molar-refractivity contribution in [3.63, 3.8) is 0 Å². The molecule has 8 heteroatoms. The normalized spacial score (nSPS) is 10.7. The molecule has 0 unspecified atom stereocenters. The second-order valence-corrected chi connectivity index (χ2v) is 8.02. The monoisotopic (exact) mass is 496 g/mol. The molecule has 0 aliphatic heterocycles. The molecule has 0 atom stereocenters. The van der Waals surface area contributed by atoms with Gasteiger partial charge in [0.15, 0.2) is 0 Å². The van der Waals surface area contributed by atoms with Crippen molar-refractivity contribution in [2.75, 3.05) is 4.90 Å². The fourth-order valence-corrected chi connectivity index (χ4v) is 3.68. The second-order valence-electron chi connectivity index (χ2n) is 7.10. The largest absolute Gasteiger partial charge is 0.268 e. The van der Waals surface area contributed by atoms with Gasteiger partial charge in [0, 0.05) is 28.0 Å². The Kier molecular flexibility index (Phi) is 5.73. The fourth-order valence-electron chi connectivity index (χ4n) is 3.41. The van der Waals surface area contributed by atoms with Crippen LogP contribution >= 0.6 is 15.9 Å². The predicted octanol–water partition coefficient (Wildman–Crippen LogP) is 5.47. The van der Waals surface area contributed by atoms with Crippen molar-refractivity contribution in [1.29, 1.82) is 0 Å². The summed E-state index contributed by atoms with van der Waals surface area (Å²) in [6.45, 7) is 0. The minimum Gasteiger partial charge on any atom is -0.268 e. The topological polar surface area (TPSA) is 76.8 Å². The highest BCUT2D eigenvalue weighted by atomic mass is 79.9. The molecule has 3 heterocycles. The third-order valence-electron chi connectivity index (χ3n) is 5.01. The van der Waals surface area contributed by atoms with Crippen molar-refractivity contribution in [1.82, 2.24) is 25.0 Å². The van der Waals surface area contributed by atoms with Crippen molar-refractivity contribution in [3.8, 4) is 16.9 Å². The molecule has 0 spiro atoms. The SMILES string of the molecule is O=C(c1ccc(-n2nncc2-c2ccc(Br)cc2)cc1)N(c1ccccn1)c1ccccn1. The predicted molar refractivity (Wildman–Crippen MR) is 129 cm³/mol. The zero-order valence-electron chi connectivity index (χ0n) is 17.3. The molecular weight excluding hydrogens is 480 g/mol. The number of carbonyl (C=O) groups is 1. The highest BCUT2D eigenvalue weighted by Gasteiger charge is 2.22. The summed E-state index contributed by atoms with van der Waals surface area (Å²) in [5.74, 6) is 0.767. The summed E-state index contributed by atoms with van der Waals surface area (Å²) in [7, 11) is 0. The Morgan fingerprint density at radius 2 is 1.42 bits per heavy atom. The van der Waals surface area contributed by atoms with Gasteiger partial charge in [-0.2, -0.15) is 0 Å². The third-order valence-corrected chi connectivity index (χ3v) is 5.54. The number of anilines is 2. The lowest BCUT2D eigenvalue weighted by Gasteiger charge is -2.20. The summed E-state index contributed by atoms with van der Waals surface area (Å²) < 4.78 is 2.74. The van der Waals surface area contributed by atoms with E-state index in [9.17, 15) is 4.79 Å². The summed E-state index contributed by atoms with van der Waals surface area (Å²) in [6.07, 6.45) is 5.01. The van der Waals surface area contributed by atoms with Crippen molar-refractivity contribution in [2.24, 2.45) is 0 Å². The maximum absolute atomic E-state index is 13.5. The summed E-state index contributed by atoms with van der Waals surface area (Å²) in [5, 5.41) is 8.30. The van der Waals surface area contributed by atoms with Crippen LogP contribution in [0.4, 0.5) is 11.6 Å². The standard InChI is InChI=1S/C25H17BrN6O/c26-20-11-7-18(8-12-20)22-17-29-30-32(22)21-13-9-19(10-14-21)25(33)31(23-5-1-3-15-27-23)24-6-2-4-16-28-24/h1-17H. The van der Waals surface area contributed by atoms with Crippen LogP contribution in [-0.4, -0.2) is 30.9 Å². The van der Waals surface area contributed by atoms with E-state index in [0.29, 0.717) is 17.2 Å². The van der Waals surface area contributed by atoms with Gasteiger partial charge in [0.2, 0.25) is 0 Å². The van der Waals surface area contributed by atoms with E-state index in [4.69, 9.17) is 0 Å². The lowest BCUT2D eigenvalue weighted by Crippen LogP contribution is -2.27. The second kappa shape index (κ2) is 9.13. The fraction of sp³-hybridized carbons (Fsp3) is 0. The van der Waals surface area contributed by atoms with Crippen molar-refractivity contribution in [3.05, 3.63) is 114 Å². The van der Waals surface area contributed by atoms with Gasteiger partial charge < -0.3 is 0 Å². The van der Waals surface area contributed by atoms with Gasteiger partial charge in [0.25, 0.3) is 5.91 Å². The Bertz CT molecular complexity index is 1330. The van der Waals surface area contributed by atoms with Gasteiger partial charge in [-0.3, -0.25) is 4.79 Å². The van der Waals surface area contributed by atoms with Gasteiger partial charge in [0.05, 0.1) is 17.6 Å². The minimum absolute atomic E-state index is 0.231. The van der Waals surface area contributed by atoms with Crippen LogP contribution in [0.1, 0.15) is 10.4 Å². The number of amides is 1. The Morgan fingerprint density at radius 1 is 0.788 bits per heavy atom. The van der Waals surface area contributed by atoms with Crippen LogP contribution < -0.4 is 4.90 Å². The molecule has 5 rings (SSSR count). The molecule has 5 aromatic rings. The lowest BCUT2D eigenvalue weighted by atomic mass is 10.1. The Balaban J connectivity index is 1.48. The summed E-state index contributed by atoms with van der Waals surface area (Å²) in [5.41, 5.74) is 3.13. The molecule has 160 valence electrons. The number of pyridine rings is 2. The first-order valence-electron chi connectivity index (χ1n) is 10.1. The number of carbonyl (C=O) groups excluding carboxylic acids is 1. The zero-order valence-corrected chi connectivity index (χ0v) is 18.9. The molecule has 0 radical (unpaired) electrons. The summed E-state index contributed by atoms with van der Waals surface area (Å²) >= 11 is 3.46.